The first-order chi connectivity index (χ1) is 12.3. The number of phenols is 1. The molecule has 2 atom stereocenters. The molecule has 3 N–H and O–H groups in total. The second kappa shape index (κ2) is 7.47. The van der Waals surface area contributed by atoms with E-state index in [0.717, 1.165) is 23.6 Å². The van der Waals surface area contributed by atoms with Gasteiger partial charge >= 0.3 is 0 Å². The average Bonchev–Trinajstić information content (AvgIpc) is 2.91. The minimum Gasteiger partial charge on any atom is -0.508 e. The number of hydrogen-bond acceptors (Lipinski definition) is 6. The van der Waals surface area contributed by atoms with E-state index in [9.17, 15) is 15.0 Å². The summed E-state index contributed by atoms with van der Waals surface area (Å²) in [7, 11) is 0. The quantitative estimate of drug-likeness (QED) is 0.768. The number of aliphatic hydroxyl groups excluding tert-OH is 1. The normalized spacial score (nSPS) is 20.9. The minimum atomic E-state index is -0.660. The van der Waals surface area contributed by atoms with Gasteiger partial charge in [-0.1, -0.05) is 11.2 Å². The van der Waals surface area contributed by atoms with Crippen molar-refractivity contribution in [2.24, 2.45) is 0 Å². The molecule has 26 heavy (non-hydrogen) atoms. The van der Waals surface area contributed by atoms with Gasteiger partial charge in [0.15, 0.2) is 0 Å². The summed E-state index contributed by atoms with van der Waals surface area (Å²) in [6.45, 7) is 7.46. The molecule has 2 aromatic rings. The van der Waals surface area contributed by atoms with E-state index in [0.29, 0.717) is 30.6 Å². The van der Waals surface area contributed by atoms with E-state index in [-0.39, 0.29) is 17.7 Å². The third-order valence-electron chi connectivity index (χ3n) is 5.02. The Bertz CT molecular complexity index is 783. The molecule has 1 fully saturated rings. The van der Waals surface area contributed by atoms with Crippen LogP contribution in [0.3, 0.4) is 0 Å². The van der Waals surface area contributed by atoms with Crippen LogP contribution in [0.1, 0.15) is 39.4 Å². The van der Waals surface area contributed by atoms with Gasteiger partial charge in [0.05, 0.1) is 17.8 Å². The maximum atomic E-state index is 12.4. The molecule has 2 heterocycles. The fourth-order valence-electron chi connectivity index (χ4n) is 3.26. The minimum absolute atomic E-state index is 0.0903. The highest BCUT2D eigenvalue weighted by Crippen LogP contribution is 2.20. The summed E-state index contributed by atoms with van der Waals surface area (Å²) >= 11 is 0. The summed E-state index contributed by atoms with van der Waals surface area (Å²) in [4.78, 5) is 14.5. The summed E-state index contributed by atoms with van der Waals surface area (Å²) in [5.74, 6) is 0.600. The van der Waals surface area contributed by atoms with Crippen LogP contribution in [0.2, 0.25) is 0 Å². The van der Waals surface area contributed by atoms with Crippen molar-refractivity contribution in [3.05, 3.63) is 46.3 Å². The molecule has 1 aliphatic rings. The maximum Gasteiger partial charge on any atom is 0.251 e. The number of β-amino-alcohol motifs (C(OH)–C–C–N with tert-alkyl or cyclic N) is 1. The van der Waals surface area contributed by atoms with Gasteiger partial charge in [0.1, 0.15) is 11.5 Å². The lowest BCUT2D eigenvalue weighted by Crippen LogP contribution is -2.53. The van der Waals surface area contributed by atoms with Crippen molar-refractivity contribution < 1.29 is 19.5 Å². The van der Waals surface area contributed by atoms with Crippen LogP contribution in [0.15, 0.2) is 22.7 Å². The van der Waals surface area contributed by atoms with E-state index in [1.165, 1.54) is 6.07 Å². The molecule has 0 unspecified atom stereocenters. The zero-order valence-electron chi connectivity index (χ0n) is 15.3. The average molecular weight is 359 g/mol. The van der Waals surface area contributed by atoms with Gasteiger partial charge in [-0.15, -0.1) is 0 Å². The number of likely N-dealkylation sites (tertiary alicyclic amines) is 1. The molecule has 0 saturated carbocycles. The first-order valence-corrected chi connectivity index (χ1v) is 8.78. The predicted octanol–water partition coefficient (Wildman–Crippen LogP) is 1.67. The molecule has 0 aliphatic carbocycles. The number of rotatable bonds is 4. The molecule has 0 spiro atoms. The number of nitrogens with one attached hydrogen (secondary N) is 1. The number of nitrogens with zero attached hydrogens (tertiary/aromatic N) is 2. The van der Waals surface area contributed by atoms with E-state index in [1.54, 1.807) is 19.1 Å². The van der Waals surface area contributed by atoms with Gasteiger partial charge in [0.25, 0.3) is 5.91 Å². The summed E-state index contributed by atoms with van der Waals surface area (Å²) in [6.07, 6.45) is -0.0130. The molecule has 3 rings (SSSR count). The summed E-state index contributed by atoms with van der Waals surface area (Å²) in [6, 6.07) is 4.51. The van der Waals surface area contributed by atoms with Gasteiger partial charge in [-0.25, -0.2) is 0 Å². The number of aryl methyl sites for hydroxylation is 3. The zero-order chi connectivity index (χ0) is 18.8. The fourth-order valence-corrected chi connectivity index (χ4v) is 3.26. The monoisotopic (exact) mass is 359 g/mol. The fraction of sp³-hybridized carbons (Fsp3) is 0.474. The van der Waals surface area contributed by atoms with Gasteiger partial charge < -0.3 is 20.1 Å². The molecule has 0 bridgehead atoms. The number of phenolic OH excluding ortho intramolecular Hbond substituents is 1. The Hall–Kier alpha value is -2.38. The lowest BCUT2D eigenvalue weighted by molar-refractivity contribution is 0.0347. The number of aromatic hydroxyl groups is 1. The van der Waals surface area contributed by atoms with Crippen molar-refractivity contribution in [2.45, 2.75) is 45.9 Å². The zero-order valence-corrected chi connectivity index (χ0v) is 15.3. The highest BCUT2D eigenvalue weighted by Gasteiger charge is 2.30. The van der Waals surface area contributed by atoms with Crippen LogP contribution < -0.4 is 5.32 Å². The Balaban J connectivity index is 1.58. The van der Waals surface area contributed by atoms with E-state index in [1.807, 2.05) is 13.8 Å². The SMILES string of the molecule is Cc1ccc(C(=O)N[C@@H]2CCN(Cc3c(C)noc3C)C[C@H]2O)cc1O. The summed E-state index contributed by atoms with van der Waals surface area (Å²) in [5, 5.41) is 27.1. The van der Waals surface area contributed by atoms with Gasteiger partial charge in [0, 0.05) is 30.8 Å². The van der Waals surface area contributed by atoms with Gasteiger partial charge in [-0.05, 0) is 44.9 Å². The van der Waals surface area contributed by atoms with E-state index in [2.05, 4.69) is 15.4 Å². The van der Waals surface area contributed by atoms with Crippen molar-refractivity contribution in [1.82, 2.24) is 15.4 Å². The number of carbonyl (C=O) groups excluding carboxylic acids is 1. The molecular formula is C19H25N3O4. The number of aromatic nitrogens is 1. The van der Waals surface area contributed by atoms with Crippen molar-refractivity contribution in [2.75, 3.05) is 13.1 Å². The third-order valence-corrected chi connectivity index (χ3v) is 5.02. The Morgan fingerprint density at radius 1 is 1.38 bits per heavy atom. The first-order valence-electron chi connectivity index (χ1n) is 8.78. The van der Waals surface area contributed by atoms with Crippen molar-refractivity contribution in [1.29, 1.82) is 0 Å². The van der Waals surface area contributed by atoms with Crippen LogP contribution in [-0.2, 0) is 6.54 Å². The van der Waals surface area contributed by atoms with E-state index < -0.39 is 6.10 Å². The van der Waals surface area contributed by atoms with Crippen molar-refractivity contribution in [3.8, 4) is 5.75 Å². The Morgan fingerprint density at radius 2 is 2.15 bits per heavy atom. The number of piperidine rings is 1. The summed E-state index contributed by atoms with van der Waals surface area (Å²) in [5.41, 5.74) is 3.02. The highest BCUT2D eigenvalue weighted by atomic mass is 16.5. The number of hydrogen-bond donors (Lipinski definition) is 3. The molecule has 140 valence electrons. The predicted molar refractivity (Wildman–Crippen MR) is 96.0 cm³/mol. The first kappa shape index (κ1) is 18.4. The third kappa shape index (κ3) is 3.89. The van der Waals surface area contributed by atoms with Gasteiger partial charge in [-0.3, -0.25) is 9.69 Å². The molecule has 1 aromatic carbocycles. The van der Waals surface area contributed by atoms with E-state index in [4.69, 9.17) is 4.52 Å². The second-order valence-corrected chi connectivity index (χ2v) is 6.98. The van der Waals surface area contributed by atoms with Crippen LogP contribution in [0.5, 0.6) is 5.75 Å². The smallest absolute Gasteiger partial charge is 0.251 e. The Morgan fingerprint density at radius 3 is 2.77 bits per heavy atom. The number of aliphatic hydroxyl groups is 1. The van der Waals surface area contributed by atoms with Gasteiger partial charge in [0.2, 0.25) is 0 Å². The highest BCUT2D eigenvalue weighted by molar-refractivity contribution is 5.94. The molecule has 1 aliphatic heterocycles. The number of benzene rings is 1. The molecule has 1 aromatic heterocycles. The van der Waals surface area contributed by atoms with Crippen LogP contribution in [-0.4, -0.2) is 51.4 Å². The lowest BCUT2D eigenvalue weighted by atomic mass is 10.00. The molecule has 7 nitrogen and oxygen atoms in total. The van der Waals surface area contributed by atoms with Crippen molar-refractivity contribution in [3.63, 3.8) is 0 Å². The molecule has 7 heteroatoms. The summed E-state index contributed by atoms with van der Waals surface area (Å²) < 4.78 is 5.19. The molecule has 1 amide bonds. The van der Waals surface area contributed by atoms with Crippen LogP contribution in [0.4, 0.5) is 0 Å². The second-order valence-electron chi connectivity index (χ2n) is 6.98. The molecule has 0 radical (unpaired) electrons. The number of amides is 1. The lowest BCUT2D eigenvalue weighted by Gasteiger charge is -2.36. The van der Waals surface area contributed by atoms with Crippen LogP contribution >= 0.6 is 0 Å². The van der Waals surface area contributed by atoms with Crippen LogP contribution in [0, 0.1) is 20.8 Å². The largest absolute Gasteiger partial charge is 0.508 e. The Labute approximate surface area is 152 Å². The van der Waals surface area contributed by atoms with Gasteiger partial charge in [-0.2, -0.15) is 0 Å². The van der Waals surface area contributed by atoms with Crippen LogP contribution in [0.25, 0.3) is 0 Å². The number of carbonyl (C=O) groups is 1. The van der Waals surface area contributed by atoms with E-state index >= 15 is 0 Å². The standard InChI is InChI=1S/C19H25N3O4/c1-11-4-5-14(8-17(11)23)19(25)20-16-6-7-22(10-18(16)24)9-15-12(2)21-26-13(15)3/h4-5,8,16,18,23-24H,6-7,9-10H2,1-3H3,(H,20,25)/t16-,18-/m1/s1. The molecule has 1 saturated heterocycles. The molecular weight excluding hydrogens is 334 g/mol. The topological polar surface area (TPSA) is 98.8 Å². The maximum absolute atomic E-state index is 12.4. The van der Waals surface area contributed by atoms with Crippen molar-refractivity contribution >= 4 is 5.91 Å². The Kier molecular flexibility index (Phi) is 5.29.